The van der Waals surface area contributed by atoms with Crippen LogP contribution in [-0.2, 0) is 16.0 Å². The van der Waals surface area contributed by atoms with Crippen LogP contribution < -0.4 is 11.5 Å². The van der Waals surface area contributed by atoms with Crippen molar-refractivity contribution < 1.29 is 14.7 Å². The minimum Gasteiger partial charge on any atom is -0.393 e. The highest BCUT2D eigenvalue weighted by atomic mass is 16.3. The third kappa shape index (κ3) is 7.79. The van der Waals surface area contributed by atoms with E-state index in [-0.39, 0.29) is 11.8 Å². The first-order valence-corrected chi connectivity index (χ1v) is 8.20. The van der Waals surface area contributed by atoms with E-state index in [4.69, 9.17) is 11.5 Å². The third-order valence-corrected chi connectivity index (χ3v) is 4.24. The maximum atomic E-state index is 11.5. The van der Waals surface area contributed by atoms with Crippen LogP contribution in [0.5, 0.6) is 0 Å². The minimum absolute atomic E-state index is 0.285. The molecule has 2 amide bonds. The van der Waals surface area contributed by atoms with Gasteiger partial charge in [0.2, 0.25) is 11.8 Å². The molecule has 3 atom stereocenters. The van der Waals surface area contributed by atoms with Gasteiger partial charge in [0.1, 0.15) is 0 Å². The molecule has 23 heavy (non-hydrogen) atoms. The predicted molar refractivity (Wildman–Crippen MR) is 90.3 cm³/mol. The average Bonchev–Trinajstić information content (AvgIpc) is 2.51. The SMILES string of the molecule is CC(CC[C@H](C[C@@H](O)CCCc1ccccc1)C(N)=O)C(N)=O. The Morgan fingerprint density at radius 2 is 1.70 bits per heavy atom. The summed E-state index contributed by atoms with van der Waals surface area (Å²) in [5.74, 6) is -1.50. The summed E-state index contributed by atoms with van der Waals surface area (Å²) in [7, 11) is 0. The van der Waals surface area contributed by atoms with Gasteiger partial charge >= 0.3 is 0 Å². The molecule has 128 valence electrons. The average molecular weight is 320 g/mol. The maximum Gasteiger partial charge on any atom is 0.220 e. The van der Waals surface area contributed by atoms with Gasteiger partial charge in [-0.05, 0) is 44.1 Å². The van der Waals surface area contributed by atoms with Gasteiger partial charge in [-0.3, -0.25) is 9.59 Å². The second kappa shape index (κ2) is 10.0. The molecule has 0 radical (unpaired) electrons. The zero-order chi connectivity index (χ0) is 17.2. The van der Waals surface area contributed by atoms with E-state index in [0.29, 0.717) is 25.7 Å². The van der Waals surface area contributed by atoms with Crippen LogP contribution in [-0.4, -0.2) is 23.0 Å². The molecule has 0 fully saturated rings. The number of hydrogen-bond donors (Lipinski definition) is 3. The van der Waals surface area contributed by atoms with Gasteiger partial charge in [0.05, 0.1) is 6.10 Å². The van der Waals surface area contributed by atoms with E-state index in [1.54, 1.807) is 6.92 Å². The van der Waals surface area contributed by atoms with E-state index < -0.39 is 17.9 Å². The topological polar surface area (TPSA) is 106 Å². The maximum absolute atomic E-state index is 11.5. The van der Waals surface area contributed by atoms with Gasteiger partial charge < -0.3 is 16.6 Å². The largest absolute Gasteiger partial charge is 0.393 e. The fourth-order valence-electron chi connectivity index (χ4n) is 2.60. The summed E-state index contributed by atoms with van der Waals surface area (Å²) in [6.07, 6.45) is 3.17. The Morgan fingerprint density at radius 1 is 1.04 bits per heavy atom. The molecule has 0 saturated carbocycles. The molecule has 1 aromatic rings. The lowest BCUT2D eigenvalue weighted by Crippen LogP contribution is -2.29. The van der Waals surface area contributed by atoms with Crippen molar-refractivity contribution in [1.82, 2.24) is 0 Å². The first kappa shape index (κ1) is 19.2. The summed E-state index contributed by atoms with van der Waals surface area (Å²) < 4.78 is 0. The van der Waals surface area contributed by atoms with Crippen LogP contribution in [0, 0.1) is 11.8 Å². The van der Waals surface area contributed by atoms with Crippen molar-refractivity contribution in [1.29, 1.82) is 0 Å². The van der Waals surface area contributed by atoms with Crippen molar-refractivity contribution >= 4 is 11.8 Å². The predicted octanol–water partition coefficient (Wildman–Crippen LogP) is 1.76. The van der Waals surface area contributed by atoms with E-state index in [1.807, 2.05) is 18.2 Å². The fourth-order valence-corrected chi connectivity index (χ4v) is 2.60. The highest BCUT2D eigenvalue weighted by molar-refractivity contribution is 5.77. The molecule has 0 aliphatic rings. The Hall–Kier alpha value is -1.88. The number of aryl methyl sites for hydroxylation is 1. The smallest absolute Gasteiger partial charge is 0.220 e. The number of aliphatic hydroxyl groups excluding tert-OH is 1. The van der Waals surface area contributed by atoms with E-state index in [2.05, 4.69) is 12.1 Å². The summed E-state index contributed by atoms with van der Waals surface area (Å²) in [5, 5.41) is 10.1. The molecule has 1 rings (SSSR count). The van der Waals surface area contributed by atoms with Gasteiger partial charge in [-0.2, -0.15) is 0 Å². The van der Waals surface area contributed by atoms with Crippen molar-refractivity contribution in [2.24, 2.45) is 23.3 Å². The van der Waals surface area contributed by atoms with Crippen molar-refractivity contribution in [2.75, 3.05) is 0 Å². The minimum atomic E-state index is -0.555. The Morgan fingerprint density at radius 3 is 2.26 bits per heavy atom. The Kier molecular flexibility index (Phi) is 8.33. The van der Waals surface area contributed by atoms with Crippen LogP contribution in [0.15, 0.2) is 30.3 Å². The number of carbonyl (C=O) groups is 2. The first-order chi connectivity index (χ1) is 10.9. The van der Waals surface area contributed by atoms with Gasteiger partial charge in [0.25, 0.3) is 0 Å². The molecule has 5 nitrogen and oxygen atoms in total. The van der Waals surface area contributed by atoms with Crippen LogP contribution in [0.25, 0.3) is 0 Å². The van der Waals surface area contributed by atoms with Crippen LogP contribution >= 0.6 is 0 Å². The molecule has 0 saturated heterocycles. The standard InChI is InChI=1S/C18H28N2O3/c1-13(17(19)22)10-11-15(18(20)23)12-16(21)9-5-8-14-6-3-2-4-7-14/h2-4,6-7,13,15-16,21H,5,8-12H2,1H3,(H2,19,22)(H2,20,23)/t13?,15-,16+/m1/s1. The van der Waals surface area contributed by atoms with Crippen molar-refractivity contribution in [3.63, 3.8) is 0 Å². The van der Waals surface area contributed by atoms with Gasteiger partial charge in [-0.1, -0.05) is 37.3 Å². The summed E-state index contributed by atoms with van der Waals surface area (Å²) in [6.45, 7) is 1.73. The Balaban J connectivity index is 2.34. The molecule has 0 bridgehead atoms. The van der Waals surface area contributed by atoms with Gasteiger partial charge in [0, 0.05) is 11.8 Å². The number of aliphatic hydroxyl groups is 1. The van der Waals surface area contributed by atoms with E-state index in [9.17, 15) is 14.7 Å². The number of rotatable bonds is 11. The monoisotopic (exact) mass is 320 g/mol. The quantitative estimate of drug-likeness (QED) is 0.578. The molecule has 1 aromatic carbocycles. The number of primary amides is 2. The number of amides is 2. The molecule has 0 aromatic heterocycles. The van der Waals surface area contributed by atoms with Crippen LogP contribution in [0.2, 0.25) is 0 Å². The molecular formula is C18H28N2O3. The fraction of sp³-hybridized carbons (Fsp3) is 0.556. The summed E-state index contributed by atoms with van der Waals surface area (Å²) in [6, 6.07) is 10.1. The molecule has 0 spiro atoms. The second-order valence-electron chi connectivity index (χ2n) is 6.25. The zero-order valence-corrected chi connectivity index (χ0v) is 13.8. The molecule has 1 unspecified atom stereocenters. The first-order valence-electron chi connectivity index (χ1n) is 8.20. The molecule has 5 heteroatoms. The molecule has 0 aliphatic heterocycles. The lowest BCUT2D eigenvalue weighted by molar-refractivity contribution is -0.125. The molecular weight excluding hydrogens is 292 g/mol. The lowest BCUT2D eigenvalue weighted by Gasteiger charge is -2.18. The van der Waals surface area contributed by atoms with Crippen LogP contribution in [0.4, 0.5) is 0 Å². The number of hydrogen-bond acceptors (Lipinski definition) is 3. The summed E-state index contributed by atoms with van der Waals surface area (Å²) in [5.41, 5.74) is 11.9. The van der Waals surface area contributed by atoms with E-state index in [0.717, 1.165) is 12.8 Å². The van der Waals surface area contributed by atoms with Crippen LogP contribution in [0.1, 0.15) is 44.6 Å². The summed E-state index contributed by atoms with van der Waals surface area (Å²) >= 11 is 0. The highest BCUT2D eigenvalue weighted by Crippen LogP contribution is 2.19. The van der Waals surface area contributed by atoms with Gasteiger partial charge in [-0.15, -0.1) is 0 Å². The Labute approximate surface area is 138 Å². The van der Waals surface area contributed by atoms with E-state index >= 15 is 0 Å². The second-order valence-corrected chi connectivity index (χ2v) is 6.25. The van der Waals surface area contributed by atoms with Crippen LogP contribution in [0.3, 0.4) is 0 Å². The van der Waals surface area contributed by atoms with Crippen molar-refractivity contribution in [3.05, 3.63) is 35.9 Å². The molecule has 0 aliphatic carbocycles. The van der Waals surface area contributed by atoms with E-state index in [1.165, 1.54) is 5.56 Å². The lowest BCUT2D eigenvalue weighted by atomic mass is 9.90. The number of carbonyl (C=O) groups excluding carboxylic acids is 2. The van der Waals surface area contributed by atoms with Gasteiger partial charge in [0.15, 0.2) is 0 Å². The molecule has 0 heterocycles. The zero-order valence-electron chi connectivity index (χ0n) is 13.8. The van der Waals surface area contributed by atoms with Crippen molar-refractivity contribution in [2.45, 2.75) is 51.6 Å². The number of nitrogens with two attached hydrogens (primary N) is 2. The number of benzene rings is 1. The molecule has 5 N–H and O–H groups in total. The third-order valence-electron chi connectivity index (χ3n) is 4.24. The van der Waals surface area contributed by atoms with Crippen molar-refractivity contribution in [3.8, 4) is 0 Å². The Bertz CT molecular complexity index is 490. The normalized spacial score (nSPS) is 14.9. The highest BCUT2D eigenvalue weighted by Gasteiger charge is 2.21. The van der Waals surface area contributed by atoms with Gasteiger partial charge in [-0.25, -0.2) is 0 Å². The summed E-state index contributed by atoms with van der Waals surface area (Å²) in [4.78, 5) is 22.5.